The van der Waals surface area contributed by atoms with Gasteiger partial charge in [0.25, 0.3) is 5.91 Å². The van der Waals surface area contributed by atoms with Crippen molar-refractivity contribution in [1.82, 2.24) is 10.2 Å². The second-order valence-electron chi connectivity index (χ2n) is 6.55. The number of H-pyrrole nitrogens is 1. The second kappa shape index (κ2) is 7.91. The number of anilines is 1. The number of rotatable bonds is 7. The first kappa shape index (κ1) is 17.8. The second-order valence-corrected chi connectivity index (χ2v) is 6.55. The van der Waals surface area contributed by atoms with Gasteiger partial charge in [-0.3, -0.25) is 9.89 Å². The Balaban J connectivity index is 1.67. The molecule has 0 bridgehead atoms. The van der Waals surface area contributed by atoms with Gasteiger partial charge in [-0.15, -0.1) is 0 Å². The fraction of sp³-hybridized carbons (Fsp3) is 0.300. The number of ether oxygens (including phenoxy) is 2. The van der Waals surface area contributed by atoms with Crippen molar-refractivity contribution < 1.29 is 14.3 Å². The molecule has 0 spiro atoms. The largest absolute Gasteiger partial charge is 0.493 e. The first-order valence-corrected chi connectivity index (χ1v) is 8.66. The topological polar surface area (TPSA) is 76.2 Å². The first-order valence-electron chi connectivity index (χ1n) is 8.66. The lowest BCUT2D eigenvalue weighted by Crippen LogP contribution is -2.30. The van der Waals surface area contributed by atoms with E-state index in [0.29, 0.717) is 24.1 Å². The number of nitrogens with one attached hydrogen (secondary N) is 2. The number of benzene rings is 2. The molecule has 1 aromatic heterocycles. The third-order valence-electron chi connectivity index (χ3n) is 3.78. The zero-order valence-electron chi connectivity index (χ0n) is 15.2. The Labute approximate surface area is 152 Å². The quantitative estimate of drug-likeness (QED) is 0.673. The number of para-hydroxylation sites is 1. The van der Waals surface area contributed by atoms with Gasteiger partial charge in [-0.1, -0.05) is 32.0 Å². The molecule has 0 aliphatic heterocycles. The lowest BCUT2D eigenvalue weighted by molar-refractivity contribution is -0.122. The molecule has 26 heavy (non-hydrogen) atoms. The molecule has 0 aliphatic carbocycles. The number of hydrogen-bond acceptors (Lipinski definition) is 4. The third-order valence-corrected chi connectivity index (χ3v) is 3.78. The molecule has 0 aliphatic rings. The molecular weight excluding hydrogens is 330 g/mol. The molecule has 136 valence electrons. The lowest BCUT2D eigenvalue weighted by atomic mass is 10.2. The normalized spacial score (nSPS) is 12.2. The summed E-state index contributed by atoms with van der Waals surface area (Å²) in [6, 6.07) is 14.9. The first-order chi connectivity index (χ1) is 12.5. The highest BCUT2D eigenvalue weighted by atomic mass is 16.5. The van der Waals surface area contributed by atoms with Crippen molar-refractivity contribution in [1.29, 1.82) is 0 Å². The fourth-order valence-corrected chi connectivity index (χ4v) is 2.42. The van der Waals surface area contributed by atoms with Crippen LogP contribution in [0.4, 0.5) is 5.82 Å². The van der Waals surface area contributed by atoms with Crippen LogP contribution in [0.25, 0.3) is 10.9 Å². The van der Waals surface area contributed by atoms with Crippen molar-refractivity contribution in [3.63, 3.8) is 0 Å². The van der Waals surface area contributed by atoms with Crippen LogP contribution in [0.3, 0.4) is 0 Å². The van der Waals surface area contributed by atoms with Crippen LogP contribution in [0, 0.1) is 5.92 Å². The SMILES string of the molecule is CC(C)COc1ccc2c(NC(=O)C(C)Oc3ccccc3)n[nH]c2c1. The monoisotopic (exact) mass is 353 g/mol. The molecule has 2 N–H and O–H groups in total. The molecule has 1 amide bonds. The number of amides is 1. The number of carbonyl (C=O) groups excluding carboxylic acids is 1. The van der Waals surface area contributed by atoms with E-state index in [1.54, 1.807) is 6.92 Å². The van der Waals surface area contributed by atoms with Gasteiger partial charge < -0.3 is 14.8 Å². The van der Waals surface area contributed by atoms with Gasteiger partial charge in [-0.25, -0.2) is 0 Å². The maximum atomic E-state index is 12.4. The van der Waals surface area contributed by atoms with Crippen molar-refractivity contribution in [3.8, 4) is 11.5 Å². The van der Waals surface area contributed by atoms with Crippen molar-refractivity contribution in [2.45, 2.75) is 26.9 Å². The van der Waals surface area contributed by atoms with Crippen LogP contribution in [0.5, 0.6) is 11.5 Å². The van der Waals surface area contributed by atoms with Crippen LogP contribution in [0.15, 0.2) is 48.5 Å². The van der Waals surface area contributed by atoms with Crippen LogP contribution >= 0.6 is 0 Å². The maximum Gasteiger partial charge on any atom is 0.266 e. The van der Waals surface area contributed by atoms with E-state index in [9.17, 15) is 4.79 Å². The molecule has 6 heteroatoms. The molecule has 6 nitrogen and oxygen atoms in total. The maximum absolute atomic E-state index is 12.4. The van der Waals surface area contributed by atoms with Crippen molar-refractivity contribution in [3.05, 3.63) is 48.5 Å². The van der Waals surface area contributed by atoms with Crippen molar-refractivity contribution in [2.75, 3.05) is 11.9 Å². The van der Waals surface area contributed by atoms with E-state index in [-0.39, 0.29) is 5.91 Å². The molecule has 0 radical (unpaired) electrons. The Bertz CT molecular complexity index is 874. The Morgan fingerprint density at radius 1 is 1.12 bits per heavy atom. The minimum absolute atomic E-state index is 0.262. The predicted molar refractivity (Wildman–Crippen MR) is 102 cm³/mol. The number of aromatic amines is 1. The summed E-state index contributed by atoms with van der Waals surface area (Å²) in [4.78, 5) is 12.4. The van der Waals surface area contributed by atoms with Crippen LogP contribution in [-0.2, 0) is 4.79 Å². The van der Waals surface area contributed by atoms with Crippen molar-refractivity contribution >= 4 is 22.6 Å². The highest BCUT2D eigenvalue weighted by molar-refractivity contribution is 6.01. The molecule has 2 aromatic carbocycles. The van der Waals surface area contributed by atoms with E-state index >= 15 is 0 Å². The summed E-state index contributed by atoms with van der Waals surface area (Å²) in [5, 5.41) is 10.7. The van der Waals surface area contributed by atoms with Gasteiger partial charge in [0.1, 0.15) is 11.5 Å². The van der Waals surface area contributed by atoms with E-state index < -0.39 is 6.10 Å². The third kappa shape index (κ3) is 4.33. The van der Waals surface area contributed by atoms with E-state index in [1.807, 2.05) is 48.5 Å². The fourth-order valence-electron chi connectivity index (χ4n) is 2.42. The Morgan fingerprint density at radius 3 is 2.62 bits per heavy atom. The van der Waals surface area contributed by atoms with Gasteiger partial charge in [0.15, 0.2) is 11.9 Å². The van der Waals surface area contributed by atoms with Gasteiger partial charge in [-0.2, -0.15) is 5.10 Å². The average molecular weight is 353 g/mol. The van der Waals surface area contributed by atoms with Gasteiger partial charge in [0.2, 0.25) is 0 Å². The molecule has 3 rings (SSSR count). The number of aromatic nitrogens is 2. The van der Waals surface area contributed by atoms with Gasteiger partial charge in [0, 0.05) is 11.5 Å². The van der Waals surface area contributed by atoms with E-state index in [1.165, 1.54) is 0 Å². The molecular formula is C20H23N3O3. The summed E-state index contributed by atoms with van der Waals surface area (Å²) >= 11 is 0. The molecule has 3 aromatic rings. The molecule has 0 saturated carbocycles. The van der Waals surface area contributed by atoms with Gasteiger partial charge in [0.05, 0.1) is 12.1 Å². The Kier molecular flexibility index (Phi) is 5.41. The zero-order chi connectivity index (χ0) is 18.5. The lowest BCUT2D eigenvalue weighted by Gasteiger charge is -2.13. The van der Waals surface area contributed by atoms with Crippen LogP contribution in [0.2, 0.25) is 0 Å². The highest BCUT2D eigenvalue weighted by Gasteiger charge is 2.17. The molecule has 0 saturated heterocycles. The summed E-state index contributed by atoms with van der Waals surface area (Å²) in [7, 11) is 0. The predicted octanol–water partition coefficient (Wildman–Crippen LogP) is 4.00. The summed E-state index contributed by atoms with van der Waals surface area (Å²) in [6.07, 6.45) is -0.641. The molecule has 1 unspecified atom stereocenters. The van der Waals surface area contributed by atoms with Gasteiger partial charge >= 0.3 is 0 Å². The van der Waals surface area contributed by atoms with Gasteiger partial charge in [-0.05, 0) is 37.1 Å². The Morgan fingerprint density at radius 2 is 1.88 bits per heavy atom. The zero-order valence-corrected chi connectivity index (χ0v) is 15.2. The average Bonchev–Trinajstić information content (AvgIpc) is 3.03. The van der Waals surface area contributed by atoms with E-state index in [4.69, 9.17) is 9.47 Å². The van der Waals surface area contributed by atoms with Crippen LogP contribution < -0.4 is 14.8 Å². The summed E-state index contributed by atoms with van der Waals surface area (Å²) in [5.74, 6) is 2.09. The van der Waals surface area contributed by atoms with Crippen molar-refractivity contribution in [2.24, 2.45) is 5.92 Å². The summed E-state index contributed by atoms with van der Waals surface area (Å²) in [6.45, 7) is 6.55. The van der Waals surface area contributed by atoms with E-state index in [2.05, 4.69) is 29.4 Å². The number of nitrogens with zero attached hydrogens (tertiary/aromatic N) is 1. The van der Waals surface area contributed by atoms with Crippen LogP contribution in [0.1, 0.15) is 20.8 Å². The Hall–Kier alpha value is -3.02. The smallest absolute Gasteiger partial charge is 0.266 e. The highest BCUT2D eigenvalue weighted by Crippen LogP contribution is 2.25. The number of carbonyl (C=O) groups is 1. The standard InChI is InChI=1S/C20H23N3O3/c1-13(2)12-25-16-9-10-17-18(11-16)22-23-19(17)21-20(24)14(3)26-15-7-5-4-6-8-15/h4-11,13-14H,12H2,1-3H3,(H2,21,22,23,24). The molecule has 0 fully saturated rings. The van der Waals surface area contributed by atoms with Crippen LogP contribution in [-0.4, -0.2) is 28.8 Å². The summed E-state index contributed by atoms with van der Waals surface area (Å²) in [5.41, 5.74) is 0.804. The summed E-state index contributed by atoms with van der Waals surface area (Å²) < 4.78 is 11.4. The minimum Gasteiger partial charge on any atom is -0.493 e. The number of fused-ring (bicyclic) bond motifs is 1. The molecule has 1 atom stereocenters. The van der Waals surface area contributed by atoms with E-state index in [0.717, 1.165) is 16.7 Å². The minimum atomic E-state index is -0.641. The number of hydrogen-bond donors (Lipinski definition) is 2. The molecule has 1 heterocycles.